The number of carbonyl (C=O) groups is 1. The first-order valence-electron chi connectivity index (χ1n) is 7.46. The Kier molecular flexibility index (Phi) is 4.36. The number of benzene rings is 1. The topological polar surface area (TPSA) is 49.6 Å². The Balaban J connectivity index is 1.46. The van der Waals surface area contributed by atoms with Crippen LogP contribution in [0, 0.1) is 0 Å². The molecule has 24 heavy (non-hydrogen) atoms. The number of halogens is 2. The van der Waals surface area contributed by atoms with Crippen molar-refractivity contribution >= 4 is 64.5 Å². The van der Waals surface area contributed by atoms with Gasteiger partial charge in [0.25, 0.3) is 5.91 Å². The van der Waals surface area contributed by atoms with Crippen LogP contribution in [-0.2, 0) is 0 Å². The molecule has 3 aromatic rings. The van der Waals surface area contributed by atoms with E-state index >= 15 is 0 Å². The number of carbonyl (C=O) groups excluding carboxylic acids is 1. The summed E-state index contributed by atoms with van der Waals surface area (Å²) in [4.78, 5) is 21.2. The standard InChI is InChI=1S/C16H13Br2N3O2S/c17-10-1-2-11-13(9-10)24-16(19-11)21-7-5-20(6-8-21)15(22)12-3-4-14(18)23-12/h1-4,9H,5-8H2. The van der Waals surface area contributed by atoms with Gasteiger partial charge >= 0.3 is 0 Å². The van der Waals surface area contributed by atoms with Crippen LogP contribution < -0.4 is 4.90 Å². The summed E-state index contributed by atoms with van der Waals surface area (Å²) in [7, 11) is 0. The zero-order valence-electron chi connectivity index (χ0n) is 12.5. The first kappa shape index (κ1) is 16.1. The van der Waals surface area contributed by atoms with Crippen LogP contribution in [-0.4, -0.2) is 42.0 Å². The Morgan fingerprint density at radius 3 is 2.62 bits per heavy atom. The Hall–Kier alpha value is -1.38. The number of piperazine rings is 1. The molecule has 0 aliphatic carbocycles. The normalized spacial score (nSPS) is 15.2. The molecular formula is C16H13Br2N3O2S. The molecule has 0 unspecified atom stereocenters. The van der Waals surface area contributed by atoms with Crippen molar-refractivity contribution in [3.8, 4) is 0 Å². The molecule has 5 nitrogen and oxygen atoms in total. The molecule has 0 radical (unpaired) electrons. The summed E-state index contributed by atoms with van der Waals surface area (Å²) < 4.78 is 8.16. The fourth-order valence-electron chi connectivity index (χ4n) is 2.71. The molecule has 1 aliphatic rings. The molecule has 4 rings (SSSR count). The highest BCUT2D eigenvalue weighted by Gasteiger charge is 2.25. The van der Waals surface area contributed by atoms with Crippen molar-refractivity contribution in [2.45, 2.75) is 0 Å². The highest BCUT2D eigenvalue weighted by atomic mass is 79.9. The number of rotatable bonds is 2. The zero-order valence-corrected chi connectivity index (χ0v) is 16.5. The van der Waals surface area contributed by atoms with E-state index in [9.17, 15) is 4.79 Å². The highest BCUT2D eigenvalue weighted by Crippen LogP contribution is 2.31. The van der Waals surface area contributed by atoms with Gasteiger partial charge in [0.05, 0.1) is 10.2 Å². The molecule has 1 fully saturated rings. The van der Waals surface area contributed by atoms with Crippen LogP contribution in [0.3, 0.4) is 0 Å². The average Bonchev–Trinajstić information content (AvgIpc) is 3.20. The molecule has 3 heterocycles. The van der Waals surface area contributed by atoms with Crippen molar-refractivity contribution in [2.75, 3.05) is 31.1 Å². The number of furan rings is 1. The van der Waals surface area contributed by atoms with E-state index in [2.05, 4.69) is 42.8 Å². The van der Waals surface area contributed by atoms with Crippen LogP contribution in [0.2, 0.25) is 0 Å². The van der Waals surface area contributed by atoms with Gasteiger partial charge in [0.1, 0.15) is 0 Å². The minimum Gasteiger partial charge on any atom is -0.444 e. The molecule has 0 spiro atoms. The Labute approximate surface area is 159 Å². The lowest BCUT2D eigenvalue weighted by atomic mass is 10.3. The van der Waals surface area contributed by atoms with Gasteiger partial charge in [-0.15, -0.1) is 0 Å². The van der Waals surface area contributed by atoms with Gasteiger partial charge in [-0.05, 0) is 46.3 Å². The fraction of sp³-hybridized carbons (Fsp3) is 0.250. The molecule has 0 N–H and O–H groups in total. The molecule has 2 aromatic heterocycles. The summed E-state index contributed by atoms with van der Waals surface area (Å²) in [5, 5.41) is 1.01. The van der Waals surface area contributed by atoms with Crippen molar-refractivity contribution in [3.05, 3.63) is 45.2 Å². The molecule has 0 atom stereocenters. The number of amides is 1. The smallest absolute Gasteiger partial charge is 0.289 e. The van der Waals surface area contributed by atoms with Crippen LogP contribution >= 0.6 is 43.2 Å². The first-order valence-corrected chi connectivity index (χ1v) is 9.86. The number of hydrogen-bond acceptors (Lipinski definition) is 5. The monoisotopic (exact) mass is 469 g/mol. The second kappa shape index (κ2) is 6.50. The van der Waals surface area contributed by atoms with Gasteiger partial charge in [0.2, 0.25) is 0 Å². The molecule has 0 bridgehead atoms. The average molecular weight is 471 g/mol. The summed E-state index contributed by atoms with van der Waals surface area (Å²) in [6.45, 7) is 2.87. The molecule has 124 valence electrons. The van der Waals surface area contributed by atoms with E-state index < -0.39 is 0 Å². The lowest BCUT2D eigenvalue weighted by Gasteiger charge is -2.34. The van der Waals surface area contributed by atoms with Gasteiger partial charge in [-0.3, -0.25) is 4.79 Å². The molecule has 1 aliphatic heterocycles. The maximum absolute atomic E-state index is 12.4. The Morgan fingerprint density at radius 1 is 1.12 bits per heavy atom. The molecule has 1 amide bonds. The third-order valence-electron chi connectivity index (χ3n) is 3.96. The quantitative estimate of drug-likeness (QED) is 0.557. The van der Waals surface area contributed by atoms with Crippen LogP contribution in [0.5, 0.6) is 0 Å². The van der Waals surface area contributed by atoms with E-state index in [0.29, 0.717) is 23.5 Å². The Morgan fingerprint density at radius 2 is 1.92 bits per heavy atom. The number of thiazole rings is 1. The number of aromatic nitrogens is 1. The first-order chi connectivity index (χ1) is 11.6. The van der Waals surface area contributed by atoms with E-state index in [-0.39, 0.29) is 5.91 Å². The maximum Gasteiger partial charge on any atom is 0.289 e. The van der Waals surface area contributed by atoms with Gasteiger partial charge in [-0.25, -0.2) is 4.98 Å². The van der Waals surface area contributed by atoms with Gasteiger partial charge in [-0.2, -0.15) is 0 Å². The van der Waals surface area contributed by atoms with Crippen molar-refractivity contribution in [1.82, 2.24) is 9.88 Å². The zero-order chi connectivity index (χ0) is 16.7. The van der Waals surface area contributed by atoms with E-state index in [4.69, 9.17) is 9.40 Å². The third-order valence-corrected chi connectivity index (χ3v) is 5.96. The predicted molar refractivity (Wildman–Crippen MR) is 102 cm³/mol. The second-order valence-corrected chi connectivity index (χ2v) is 8.20. The minimum absolute atomic E-state index is 0.0615. The molecule has 1 aromatic carbocycles. The minimum atomic E-state index is -0.0615. The molecule has 0 saturated carbocycles. The lowest BCUT2D eigenvalue weighted by molar-refractivity contribution is 0.0713. The molecular weight excluding hydrogens is 458 g/mol. The van der Waals surface area contributed by atoms with E-state index in [0.717, 1.165) is 28.2 Å². The summed E-state index contributed by atoms with van der Waals surface area (Å²) in [5.74, 6) is 0.314. The van der Waals surface area contributed by atoms with Crippen LogP contribution in [0.15, 0.2) is 43.9 Å². The third kappa shape index (κ3) is 3.10. The van der Waals surface area contributed by atoms with Gasteiger partial charge in [-0.1, -0.05) is 27.3 Å². The lowest BCUT2D eigenvalue weighted by Crippen LogP contribution is -2.48. The maximum atomic E-state index is 12.4. The van der Waals surface area contributed by atoms with Crippen molar-refractivity contribution in [2.24, 2.45) is 0 Å². The van der Waals surface area contributed by atoms with E-state index in [1.165, 1.54) is 4.70 Å². The Bertz CT molecular complexity index is 900. The predicted octanol–water partition coefficient (Wildman–Crippen LogP) is 4.38. The van der Waals surface area contributed by atoms with Gasteiger partial charge < -0.3 is 14.2 Å². The SMILES string of the molecule is O=C(c1ccc(Br)o1)N1CCN(c2nc3ccc(Br)cc3s2)CC1. The van der Waals surface area contributed by atoms with Gasteiger partial charge in [0, 0.05) is 30.7 Å². The molecule has 1 saturated heterocycles. The largest absolute Gasteiger partial charge is 0.444 e. The van der Waals surface area contributed by atoms with Crippen LogP contribution in [0.4, 0.5) is 5.13 Å². The number of hydrogen-bond donors (Lipinski definition) is 0. The van der Waals surface area contributed by atoms with Crippen molar-refractivity contribution < 1.29 is 9.21 Å². The van der Waals surface area contributed by atoms with Crippen LogP contribution in [0.25, 0.3) is 10.2 Å². The number of nitrogens with zero attached hydrogens (tertiary/aromatic N) is 3. The summed E-state index contributed by atoms with van der Waals surface area (Å²) in [5.41, 5.74) is 1.01. The van der Waals surface area contributed by atoms with Crippen molar-refractivity contribution in [1.29, 1.82) is 0 Å². The van der Waals surface area contributed by atoms with Gasteiger partial charge in [0.15, 0.2) is 15.6 Å². The number of anilines is 1. The van der Waals surface area contributed by atoms with Crippen molar-refractivity contribution in [3.63, 3.8) is 0 Å². The number of fused-ring (bicyclic) bond motifs is 1. The highest BCUT2D eigenvalue weighted by molar-refractivity contribution is 9.10. The summed E-state index contributed by atoms with van der Waals surface area (Å²) >= 11 is 8.41. The summed E-state index contributed by atoms with van der Waals surface area (Å²) in [6.07, 6.45) is 0. The van der Waals surface area contributed by atoms with E-state index in [1.807, 2.05) is 17.0 Å². The van der Waals surface area contributed by atoms with Crippen LogP contribution in [0.1, 0.15) is 10.6 Å². The molecule has 8 heteroatoms. The second-order valence-electron chi connectivity index (χ2n) is 5.49. The fourth-order valence-corrected chi connectivity index (χ4v) is 4.58. The van der Waals surface area contributed by atoms with E-state index in [1.54, 1.807) is 23.5 Å². The summed E-state index contributed by atoms with van der Waals surface area (Å²) in [6, 6.07) is 9.55.